The molecule has 7 heteroatoms. The van der Waals surface area contributed by atoms with E-state index in [4.69, 9.17) is 0 Å². The number of aromatic nitrogens is 2. The first-order chi connectivity index (χ1) is 12.6. The summed E-state index contributed by atoms with van der Waals surface area (Å²) in [5, 5.41) is 2.90. The van der Waals surface area contributed by atoms with E-state index < -0.39 is 0 Å². The van der Waals surface area contributed by atoms with Gasteiger partial charge >= 0.3 is 0 Å². The third-order valence-electron chi connectivity index (χ3n) is 4.67. The van der Waals surface area contributed by atoms with Gasteiger partial charge in [0.25, 0.3) is 5.91 Å². The number of nitrogens with one attached hydrogen (secondary N) is 1. The molecule has 0 unspecified atom stereocenters. The number of rotatable bonds is 5. The number of hydrogen-bond acceptors (Lipinski definition) is 6. The van der Waals surface area contributed by atoms with Crippen molar-refractivity contribution < 1.29 is 4.79 Å². The summed E-state index contributed by atoms with van der Waals surface area (Å²) >= 11 is 0. The van der Waals surface area contributed by atoms with Crippen LogP contribution in [0.4, 0.5) is 17.2 Å². The predicted molar refractivity (Wildman–Crippen MR) is 105 cm³/mol. The summed E-state index contributed by atoms with van der Waals surface area (Å²) in [5.74, 6) is 0.585. The minimum Gasteiger partial charge on any atom is -0.378 e. The van der Waals surface area contributed by atoms with Gasteiger partial charge in [-0.05, 0) is 30.8 Å². The van der Waals surface area contributed by atoms with E-state index in [1.54, 1.807) is 6.07 Å². The summed E-state index contributed by atoms with van der Waals surface area (Å²) in [5.41, 5.74) is 2.21. The van der Waals surface area contributed by atoms with Gasteiger partial charge < -0.3 is 20.0 Å². The Bertz CT molecular complexity index is 738. The molecule has 1 aromatic carbocycles. The van der Waals surface area contributed by atoms with Gasteiger partial charge in [0, 0.05) is 57.7 Å². The van der Waals surface area contributed by atoms with Crippen molar-refractivity contribution in [3.8, 4) is 0 Å². The molecule has 1 aromatic heterocycles. The lowest BCUT2D eigenvalue weighted by Gasteiger charge is -2.34. The van der Waals surface area contributed by atoms with Crippen LogP contribution in [0.25, 0.3) is 0 Å². The summed E-state index contributed by atoms with van der Waals surface area (Å²) in [4.78, 5) is 27.6. The number of carbonyl (C=O) groups excluding carboxylic acids is 1. The van der Waals surface area contributed by atoms with Gasteiger partial charge in [-0.2, -0.15) is 0 Å². The Morgan fingerprint density at radius 1 is 1.12 bits per heavy atom. The number of piperazine rings is 1. The van der Waals surface area contributed by atoms with E-state index in [1.165, 1.54) is 6.33 Å². The normalized spacial score (nSPS) is 15.0. The van der Waals surface area contributed by atoms with Gasteiger partial charge in [0.2, 0.25) is 0 Å². The quantitative estimate of drug-likeness (QED) is 0.885. The van der Waals surface area contributed by atoms with Crippen LogP contribution < -0.4 is 15.1 Å². The molecule has 0 radical (unpaired) electrons. The van der Waals surface area contributed by atoms with Crippen molar-refractivity contribution in [2.75, 3.05) is 61.9 Å². The lowest BCUT2D eigenvalue weighted by molar-refractivity contribution is 0.102. The molecule has 1 aliphatic rings. The first kappa shape index (κ1) is 18.1. The average Bonchev–Trinajstić information content (AvgIpc) is 2.68. The van der Waals surface area contributed by atoms with Crippen LogP contribution in [-0.2, 0) is 0 Å². The monoisotopic (exact) mass is 354 g/mol. The van der Waals surface area contributed by atoms with Crippen molar-refractivity contribution in [2.45, 2.75) is 6.92 Å². The van der Waals surface area contributed by atoms with E-state index in [0.717, 1.165) is 49.9 Å². The number of carbonyl (C=O) groups is 1. The number of nitrogens with zero attached hydrogens (tertiary/aromatic N) is 5. The molecule has 0 spiro atoms. The molecule has 1 amide bonds. The third kappa shape index (κ3) is 4.29. The molecule has 1 fully saturated rings. The number of anilines is 3. The Labute approximate surface area is 154 Å². The van der Waals surface area contributed by atoms with E-state index in [-0.39, 0.29) is 5.91 Å². The highest BCUT2D eigenvalue weighted by Gasteiger charge is 2.18. The molecular formula is C19H26N6O. The largest absolute Gasteiger partial charge is 0.378 e. The van der Waals surface area contributed by atoms with E-state index in [0.29, 0.717) is 5.69 Å². The molecular weight excluding hydrogens is 328 g/mol. The van der Waals surface area contributed by atoms with Crippen LogP contribution in [0, 0.1) is 0 Å². The number of benzene rings is 1. The van der Waals surface area contributed by atoms with E-state index in [1.807, 2.05) is 43.3 Å². The molecule has 0 atom stereocenters. The van der Waals surface area contributed by atoms with Gasteiger partial charge in [0.05, 0.1) is 0 Å². The Morgan fingerprint density at radius 2 is 1.81 bits per heavy atom. The predicted octanol–water partition coefficient (Wildman–Crippen LogP) is 1.94. The van der Waals surface area contributed by atoms with E-state index in [2.05, 4.69) is 32.0 Å². The summed E-state index contributed by atoms with van der Waals surface area (Å²) in [6, 6.07) is 9.48. The smallest absolute Gasteiger partial charge is 0.274 e. The molecule has 2 aromatic rings. The molecule has 0 bridgehead atoms. The summed E-state index contributed by atoms with van der Waals surface area (Å²) in [7, 11) is 3.96. The summed E-state index contributed by atoms with van der Waals surface area (Å²) < 4.78 is 0. The van der Waals surface area contributed by atoms with E-state index >= 15 is 0 Å². The van der Waals surface area contributed by atoms with Gasteiger partial charge in [-0.25, -0.2) is 9.97 Å². The average molecular weight is 354 g/mol. The van der Waals surface area contributed by atoms with Crippen molar-refractivity contribution in [3.63, 3.8) is 0 Å². The number of amides is 1. The topological polar surface area (TPSA) is 64.6 Å². The molecule has 26 heavy (non-hydrogen) atoms. The molecule has 138 valence electrons. The van der Waals surface area contributed by atoms with Crippen LogP contribution in [0.1, 0.15) is 17.4 Å². The zero-order chi connectivity index (χ0) is 18.5. The zero-order valence-electron chi connectivity index (χ0n) is 15.6. The van der Waals surface area contributed by atoms with Gasteiger partial charge in [-0.15, -0.1) is 0 Å². The van der Waals surface area contributed by atoms with Gasteiger partial charge in [0.15, 0.2) is 0 Å². The second-order valence-electron chi connectivity index (χ2n) is 6.58. The van der Waals surface area contributed by atoms with Gasteiger partial charge in [0.1, 0.15) is 17.8 Å². The standard InChI is InChI=1S/C19H26N6O/c1-4-24-9-11-25(12-10-24)18-13-17(20-14-21-18)19(26)22-15-5-7-16(8-6-15)23(2)3/h5-8,13-14H,4,9-12H2,1-3H3,(H,22,26). The second kappa shape index (κ2) is 8.14. The van der Waals surface area contributed by atoms with Crippen molar-refractivity contribution >= 4 is 23.1 Å². The fourth-order valence-electron chi connectivity index (χ4n) is 2.98. The first-order valence-electron chi connectivity index (χ1n) is 8.95. The maximum Gasteiger partial charge on any atom is 0.274 e. The van der Waals surface area contributed by atoms with E-state index in [9.17, 15) is 4.79 Å². The lowest BCUT2D eigenvalue weighted by atomic mass is 10.2. The lowest BCUT2D eigenvalue weighted by Crippen LogP contribution is -2.46. The van der Waals surface area contributed by atoms with Crippen molar-refractivity contribution in [1.29, 1.82) is 0 Å². The minimum absolute atomic E-state index is 0.224. The van der Waals surface area contributed by atoms with Gasteiger partial charge in [-0.3, -0.25) is 4.79 Å². The summed E-state index contributed by atoms with van der Waals surface area (Å²) in [6.07, 6.45) is 1.46. The first-order valence-corrected chi connectivity index (χ1v) is 8.95. The highest BCUT2D eigenvalue weighted by Crippen LogP contribution is 2.18. The highest BCUT2D eigenvalue weighted by molar-refractivity contribution is 6.03. The number of hydrogen-bond donors (Lipinski definition) is 1. The second-order valence-corrected chi connectivity index (χ2v) is 6.58. The Balaban J connectivity index is 1.66. The Kier molecular flexibility index (Phi) is 5.68. The highest BCUT2D eigenvalue weighted by atomic mass is 16.1. The van der Waals surface area contributed by atoms with Crippen LogP contribution in [0.2, 0.25) is 0 Å². The third-order valence-corrected chi connectivity index (χ3v) is 4.67. The zero-order valence-corrected chi connectivity index (χ0v) is 15.6. The molecule has 1 N–H and O–H groups in total. The molecule has 0 saturated carbocycles. The van der Waals surface area contributed by atoms with Crippen LogP contribution in [0.15, 0.2) is 36.7 Å². The fraction of sp³-hybridized carbons (Fsp3) is 0.421. The number of likely N-dealkylation sites (N-methyl/N-ethyl adjacent to an activating group) is 1. The van der Waals surface area contributed by atoms with Crippen molar-refractivity contribution in [1.82, 2.24) is 14.9 Å². The summed E-state index contributed by atoms with van der Waals surface area (Å²) in [6.45, 7) is 7.10. The molecule has 2 heterocycles. The molecule has 1 saturated heterocycles. The molecule has 7 nitrogen and oxygen atoms in total. The van der Waals surface area contributed by atoms with Crippen molar-refractivity contribution in [3.05, 3.63) is 42.4 Å². The van der Waals surface area contributed by atoms with Gasteiger partial charge in [-0.1, -0.05) is 6.92 Å². The SMILES string of the molecule is CCN1CCN(c2cc(C(=O)Nc3ccc(N(C)C)cc3)ncn2)CC1. The Hall–Kier alpha value is -2.67. The molecule has 3 rings (SSSR count). The van der Waals surface area contributed by atoms with Crippen LogP contribution in [0.3, 0.4) is 0 Å². The Morgan fingerprint density at radius 3 is 2.42 bits per heavy atom. The molecule has 0 aliphatic carbocycles. The maximum absolute atomic E-state index is 12.5. The van der Waals surface area contributed by atoms with Crippen LogP contribution >= 0.6 is 0 Å². The van der Waals surface area contributed by atoms with Crippen molar-refractivity contribution in [2.24, 2.45) is 0 Å². The van der Waals surface area contributed by atoms with Crippen LogP contribution in [-0.4, -0.2) is 67.6 Å². The maximum atomic E-state index is 12.5. The minimum atomic E-state index is -0.224. The molecule has 1 aliphatic heterocycles. The van der Waals surface area contributed by atoms with Crippen LogP contribution in [0.5, 0.6) is 0 Å². The fourth-order valence-corrected chi connectivity index (χ4v) is 2.98.